The van der Waals surface area contributed by atoms with Gasteiger partial charge in [-0.25, -0.2) is 0 Å². The molecule has 1 fully saturated rings. The summed E-state index contributed by atoms with van der Waals surface area (Å²) in [5.41, 5.74) is 0.349. The number of carbonyl (C=O) groups is 1. The number of aromatic hydroxyl groups is 1. The predicted molar refractivity (Wildman–Crippen MR) is 51.0 cm³/mol. The van der Waals surface area contributed by atoms with Crippen molar-refractivity contribution >= 4 is 5.91 Å². The molecule has 0 saturated carbocycles. The fraction of sp³-hybridized carbons (Fsp3) is 0.400. The minimum Gasteiger partial charge on any atom is -0.505 e. The molecule has 4 nitrogen and oxygen atoms in total. The van der Waals surface area contributed by atoms with Crippen LogP contribution < -0.4 is 0 Å². The zero-order valence-electron chi connectivity index (χ0n) is 7.81. The molecule has 1 amide bonds. The van der Waals surface area contributed by atoms with Crippen LogP contribution in [0.1, 0.15) is 23.2 Å². The van der Waals surface area contributed by atoms with Gasteiger partial charge in [-0.2, -0.15) is 0 Å². The SMILES string of the molecule is O=C(c1ccncc1O)N1CCCC1. The van der Waals surface area contributed by atoms with Crippen LogP contribution in [0.3, 0.4) is 0 Å². The van der Waals surface area contributed by atoms with Gasteiger partial charge < -0.3 is 10.0 Å². The molecule has 1 N–H and O–H groups in total. The summed E-state index contributed by atoms with van der Waals surface area (Å²) in [7, 11) is 0. The van der Waals surface area contributed by atoms with E-state index in [0.717, 1.165) is 25.9 Å². The van der Waals surface area contributed by atoms with E-state index in [9.17, 15) is 9.90 Å². The molecule has 1 aromatic heterocycles. The van der Waals surface area contributed by atoms with Crippen LogP contribution in [-0.4, -0.2) is 34.0 Å². The van der Waals surface area contributed by atoms with Crippen LogP contribution in [0.4, 0.5) is 0 Å². The quantitative estimate of drug-likeness (QED) is 0.722. The van der Waals surface area contributed by atoms with Gasteiger partial charge in [-0.05, 0) is 18.9 Å². The molecule has 0 unspecified atom stereocenters. The summed E-state index contributed by atoms with van der Waals surface area (Å²) in [6, 6.07) is 1.55. The largest absolute Gasteiger partial charge is 0.505 e. The van der Waals surface area contributed by atoms with Crippen molar-refractivity contribution in [2.75, 3.05) is 13.1 Å². The van der Waals surface area contributed by atoms with Crippen molar-refractivity contribution in [3.8, 4) is 5.75 Å². The molecule has 0 aromatic carbocycles. The summed E-state index contributed by atoms with van der Waals surface area (Å²) in [6.07, 6.45) is 4.92. The lowest BCUT2D eigenvalue weighted by atomic mass is 10.2. The van der Waals surface area contributed by atoms with Gasteiger partial charge in [0.2, 0.25) is 0 Å². The van der Waals surface area contributed by atoms with Gasteiger partial charge in [0.15, 0.2) is 0 Å². The third-order valence-electron chi connectivity index (χ3n) is 2.42. The van der Waals surface area contributed by atoms with Crippen molar-refractivity contribution in [1.82, 2.24) is 9.88 Å². The number of carbonyl (C=O) groups excluding carboxylic acids is 1. The molecule has 0 spiro atoms. The molecule has 2 heterocycles. The average molecular weight is 192 g/mol. The molecule has 0 aliphatic carbocycles. The zero-order valence-corrected chi connectivity index (χ0v) is 7.81. The second-order valence-electron chi connectivity index (χ2n) is 3.39. The maximum atomic E-state index is 11.8. The molecule has 0 radical (unpaired) electrons. The maximum Gasteiger partial charge on any atom is 0.257 e. The predicted octanol–water partition coefficient (Wildman–Crippen LogP) is 1.02. The van der Waals surface area contributed by atoms with E-state index in [1.807, 2.05) is 0 Å². The van der Waals surface area contributed by atoms with Crippen LogP contribution in [0.5, 0.6) is 5.75 Å². The standard InChI is InChI=1S/C10H12N2O2/c13-9-7-11-4-3-8(9)10(14)12-5-1-2-6-12/h3-4,7,13H,1-2,5-6H2. The fourth-order valence-electron chi connectivity index (χ4n) is 1.66. The van der Waals surface area contributed by atoms with Gasteiger partial charge in [-0.1, -0.05) is 0 Å². The summed E-state index contributed by atoms with van der Waals surface area (Å²) in [5, 5.41) is 9.43. The highest BCUT2D eigenvalue weighted by molar-refractivity contribution is 5.96. The number of pyridine rings is 1. The highest BCUT2D eigenvalue weighted by atomic mass is 16.3. The molecule has 0 atom stereocenters. The maximum absolute atomic E-state index is 11.8. The molecular formula is C10H12N2O2. The van der Waals surface area contributed by atoms with E-state index < -0.39 is 0 Å². The Hall–Kier alpha value is -1.58. The van der Waals surface area contributed by atoms with Crippen LogP contribution in [0.15, 0.2) is 18.5 Å². The second kappa shape index (κ2) is 3.65. The number of rotatable bonds is 1. The summed E-state index contributed by atoms with van der Waals surface area (Å²) in [6.45, 7) is 1.58. The lowest BCUT2D eigenvalue weighted by Crippen LogP contribution is -2.27. The Morgan fingerprint density at radius 2 is 2.14 bits per heavy atom. The van der Waals surface area contributed by atoms with E-state index in [1.54, 1.807) is 11.0 Å². The molecule has 1 aromatic rings. The normalized spacial score (nSPS) is 15.9. The van der Waals surface area contributed by atoms with Crippen molar-refractivity contribution in [3.05, 3.63) is 24.0 Å². The van der Waals surface area contributed by atoms with Gasteiger partial charge in [0.1, 0.15) is 5.75 Å². The Morgan fingerprint density at radius 1 is 1.43 bits per heavy atom. The second-order valence-corrected chi connectivity index (χ2v) is 3.39. The van der Waals surface area contributed by atoms with Crippen molar-refractivity contribution in [3.63, 3.8) is 0 Å². The molecule has 2 rings (SSSR count). The first kappa shape index (κ1) is 8.99. The van der Waals surface area contributed by atoms with Gasteiger partial charge in [0.25, 0.3) is 5.91 Å². The van der Waals surface area contributed by atoms with Gasteiger partial charge in [0.05, 0.1) is 11.8 Å². The van der Waals surface area contributed by atoms with Gasteiger partial charge in [-0.15, -0.1) is 0 Å². The van der Waals surface area contributed by atoms with Crippen LogP contribution in [-0.2, 0) is 0 Å². The lowest BCUT2D eigenvalue weighted by molar-refractivity contribution is 0.0789. The minimum absolute atomic E-state index is 0.0376. The first-order valence-electron chi connectivity index (χ1n) is 4.71. The van der Waals surface area contributed by atoms with Crippen LogP contribution in [0.25, 0.3) is 0 Å². The van der Waals surface area contributed by atoms with Crippen molar-refractivity contribution in [2.45, 2.75) is 12.8 Å². The fourth-order valence-corrected chi connectivity index (χ4v) is 1.66. The number of likely N-dealkylation sites (tertiary alicyclic amines) is 1. The minimum atomic E-state index is -0.0950. The van der Waals surface area contributed by atoms with Crippen LogP contribution in [0, 0.1) is 0 Å². The number of amides is 1. The number of aromatic nitrogens is 1. The summed E-state index contributed by atoms with van der Waals surface area (Å²) in [5.74, 6) is -0.133. The number of hydrogen-bond acceptors (Lipinski definition) is 3. The van der Waals surface area contributed by atoms with Crippen LogP contribution in [0.2, 0.25) is 0 Å². The smallest absolute Gasteiger partial charge is 0.257 e. The van der Waals surface area contributed by atoms with Crippen molar-refractivity contribution < 1.29 is 9.90 Å². The van der Waals surface area contributed by atoms with Crippen molar-refractivity contribution in [2.24, 2.45) is 0 Å². The molecule has 4 heteroatoms. The van der Waals surface area contributed by atoms with E-state index in [2.05, 4.69) is 4.98 Å². The van der Waals surface area contributed by atoms with Crippen molar-refractivity contribution in [1.29, 1.82) is 0 Å². The molecule has 1 saturated heterocycles. The lowest BCUT2D eigenvalue weighted by Gasteiger charge is -2.15. The third kappa shape index (κ3) is 1.55. The van der Waals surface area contributed by atoms with Gasteiger partial charge in [0, 0.05) is 19.3 Å². The monoisotopic (exact) mass is 192 g/mol. The summed E-state index contributed by atoms with van der Waals surface area (Å²) in [4.78, 5) is 17.3. The van der Waals surface area contributed by atoms with E-state index >= 15 is 0 Å². The van der Waals surface area contributed by atoms with E-state index in [-0.39, 0.29) is 11.7 Å². The first-order valence-corrected chi connectivity index (χ1v) is 4.71. The third-order valence-corrected chi connectivity index (χ3v) is 2.42. The van der Waals surface area contributed by atoms with E-state index in [4.69, 9.17) is 0 Å². The molecular weight excluding hydrogens is 180 g/mol. The van der Waals surface area contributed by atoms with E-state index in [0.29, 0.717) is 5.56 Å². The van der Waals surface area contributed by atoms with Crippen LogP contribution >= 0.6 is 0 Å². The summed E-state index contributed by atoms with van der Waals surface area (Å²) >= 11 is 0. The Balaban J connectivity index is 2.22. The van der Waals surface area contributed by atoms with Gasteiger partial charge >= 0.3 is 0 Å². The Kier molecular flexibility index (Phi) is 2.35. The highest BCUT2D eigenvalue weighted by Crippen LogP contribution is 2.19. The highest BCUT2D eigenvalue weighted by Gasteiger charge is 2.21. The molecule has 0 bridgehead atoms. The Labute approximate surface area is 82.2 Å². The molecule has 1 aliphatic rings. The van der Waals surface area contributed by atoms with Gasteiger partial charge in [-0.3, -0.25) is 9.78 Å². The number of nitrogens with zero attached hydrogens (tertiary/aromatic N) is 2. The van der Waals surface area contributed by atoms with E-state index in [1.165, 1.54) is 12.4 Å². The summed E-state index contributed by atoms with van der Waals surface area (Å²) < 4.78 is 0. The first-order chi connectivity index (χ1) is 6.79. The number of hydrogen-bond donors (Lipinski definition) is 1. The molecule has 14 heavy (non-hydrogen) atoms. The topological polar surface area (TPSA) is 53.4 Å². The average Bonchev–Trinajstić information content (AvgIpc) is 2.70. The Bertz CT molecular complexity index is 346. The zero-order chi connectivity index (χ0) is 9.97. The molecule has 74 valence electrons. The molecule has 1 aliphatic heterocycles. The Morgan fingerprint density at radius 3 is 2.79 bits per heavy atom.